The van der Waals surface area contributed by atoms with Gasteiger partial charge in [-0.3, -0.25) is 4.52 Å². The molecule has 0 aromatic carbocycles. The van der Waals surface area contributed by atoms with E-state index in [0.717, 1.165) is 6.42 Å². The van der Waals surface area contributed by atoms with Gasteiger partial charge in [-0.05, 0) is 31.5 Å². The van der Waals surface area contributed by atoms with Crippen molar-refractivity contribution in [1.82, 2.24) is 0 Å². The molecular formula is C12H25O3PSi. The Morgan fingerprint density at radius 3 is 2.41 bits per heavy atom. The van der Waals surface area contributed by atoms with Gasteiger partial charge in [0.2, 0.25) is 0 Å². The Bertz CT molecular complexity index is 269. The van der Waals surface area contributed by atoms with Crippen LogP contribution < -0.4 is 0 Å². The molecule has 0 radical (unpaired) electrons. The van der Waals surface area contributed by atoms with Crippen molar-refractivity contribution in [3.63, 3.8) is 0 Å². The van der Waals surface area contributed by atoms with Crippen LogP contribution in [0, 0.1) is 0 Å². The second-order valence-corrected chi connectivity index (χ2v) is 11.0. The van der Waals surface area contributed by atoms with Crippen LogP contribution in [-0.4, -0.2) is 21.5 Å². The molecule has 0 aliphatic heterocycles. The lowest BCUT2D eigenvalue weighted by Gasteiger charge is -2.36. The van der Waals surface area contributed by atoms with Gasteiger partial charge in [0.1, 0.15) is 0 Å². The maximum absolute atomic E-state index is 10.1. The number of rotatable bonds is 7. The standard InChI is InChI=1S/C12H25O3PSi/c1-11(8-7-9-14-16-13)10-15-17(5,6)12(2,3)4/h8H,7,9-10H2,1-6H3. The van der Waals surface area contributed by atoms with Gasteiger partial charge in [0.15, 0.2) is 8.32 Å². The van der Waals surface area contributed by atoms with Gasteiger partial charge in [0.25, 0.3) is 0 Å². The SMILES string of the molecule is CC(=CCCOP=O)CO[Si](C)(C)C(C)(C)C. The van der Waals surface area contributed by atoms with Crippen molar-refractivity contribution < 1.29 is 13.5 Å². The van der Waals surface area contributed by atoms with Crippen LogP contribution >= 0.6 is 8.69 Å². The highest BCUT2D eigenvalue weighted by Crippen LogP contribution is 2.36. The van der Waals surface area contributed by atoms with Gasteiger partial charge in [0, 0.05) is 0 Å². The van der Waals surface area contributed by atoms with Crippen LogP contribution in [0.25, 0.3) is 0 Å². The molecule has 0 spiro atoms. The van der Waals surface area contributed by atoms with Crippen molar-refractivity contribution in [2.24, 2.45) is 0 Å². The molecule has 0 bridgehead atoms. The Morgan fingerprint density at radius 1 is 1.35 bits per heavy atom. The summed E-state index contributed by atoms with van der Waals surface area (Å²) >= 11 is 0. The summed E-state index contributed by atoms with van der Waals surface area (Å²) in [6.07, 6.45) is 2.86. The van der Waals surface area contributed by atoms with Crippen LogP contribution in [0.5, 0.6) is 0 Å². The van der Waals surface area contributed by atoms with Crippen molar-refractivity contribution in [1.29, 1.82) is 0 Å². The zero-order valence-electron chi connectivity index (χ0n) is 11.9. The highest BCUT2D eigenvalue weighted by molar-refractivity contribution is 7.17. The van der Waals surface area contributed by atoms with Crippen molar-refractivity contribution in [3.05, 3.63) is 11.6 Å². The van der Waals surface area contributed by atoms with E-state index < -0.39 is 8.32 Å². The molecule has 5 heteroatoms. The lowest BCUT2D eigenvalue weighted by molar-refractivity contribution is 0.316. The molecule has 0 saturated heterocycles. The topological polar surface area (TPSA) is 35.5 Å². The van der Waals surface area contributed by atoms with E-state index >= 15 is 0 Å². The first-order chi connectivity index (χ1) is 7.70. The van der Waals surface area contributed by atoms with Gasteiger partial charge < -0.3 is 4.43 Å². The van der Waals surface area contributed by atoms with Crippen LogP contribution in [0.3, 0.4) is 0 Å². The maximum Gasteiger partial charge on any atom is 0.327 e. The summed E-state index contributed by atoms with van der Waals surface area (Å²) in [5, 5.41) is 0.248. The Hall–Kier alpha value is -0.0231. The molecule has 0 N–H and O–H groups in total. The van der Waals surface area contributed by atoms with Crippen LogP contribution in [0.1, 0.15) is 34.1 Å². The molecule has 3 nitrogen and oxygen atoms in total. The normalized spacial score (nSPS) is 14.4. The molecular weight excluding hydrogens is 251 g/mol. The zero-order valence-corrected chi connectivity index (χ0v) is 13.8. The lowest BCUT2D eigenvalue weighted by atomic mass is 10.2. The molecule has 0 rings (SSSR count). The highest BCUT2D eigenvalue weighted by atomic mass is 31.1. The molecule has 0 fully saturated rings. The summed E-state index contributed by atoms with van der Waals surface area (Å²) in [4.78, 5) is 0. The summed E-state index contributed by atoms with van der Waals surface area (Å²) in [5.74, 6) is 0. The van der Waals surface area contributed by atoms with Gasteiger partial charge >= 0.3 is 8.69 Å². The summed E-state index contributed by atoms with van der Waals surface area (Å²) in [6, 6.07) is 0. The van der Waals surface area contributed by atoms with Crippen LogP contribution in [0.2, 0.25) is 18.1 Å². The minimum absolute atomic E-state index is 0.244. The van der Waals surface area contributed by atoms with E-state index in [1.165, 1.54) is 5.57 Å². The summed E-state index contributed by atoms with van der Waals surface area (Å²) in [6.45, 7) is 14.4. The van der Waals surface area contributed by atoms with E-state index in [-0.39, 0.29) is 13.7 Å². The Kier molecular flexibility index (Phi) is 7.41. The fourth-order valence-corrected chi connectivity index (χ4v) is 2.17. The molecule has 0 unspecified atom stereocenters. The van der Waals surface area contributed by atoms with Gasteiger partial charge in [0.05, 0.1) is 13.2 Å². The summed E-state index contributed by atoms with van der Waals surface area (Å²) in [5.41, 5.74) is 1.21. The predicted molar refractivity (Wildman–Crippen MR) is 75.1 cm³/mol. The second kappa shape index (κ2) is 7.42. The Morgan fingerprint density at radius 2 is 1.94 bits per heavy atom. The van der Waals surface area contributed by atoms with Crippen molar-refractivity contribution in [2.45, 2.75) is 52.2 Å². The first kappa shape index (κ1) is 17.0. The summed E-state index contributed by atoms with van der Waals surface area (Å²) in [7, 11) is -1.89. The predicted octanol–water partition coefficient (Wildman–Crippen LogP) is 4.57. The van der Waals surface area contributed by atoms with E-state index in [0.29, 0.717) is 13.2 Å². The molecule has 0 aromatic heterocycles. The highest BCUT2D eigenvalue weighted by Gasteiger charge is 2.36. The Balaban J connectivity index is 4.06. The van der Waals surface area contributed by atoms with Gasteiger partial charge in [-0.2, -0.15) is 0 Å². The number of hydrogen-bond acceptors (Lipinski definition) is 3. The third kappa shape index (κ3) is 7.09. The van der Waals surface area contributed by atoms with Gasteiger partial charge in [-0.15, -0.1) is 0 Å². The third-order valence-electron chi connectivity index (χ3n) is 3.22. The maximum atomic E-state index is 10.1. The minimum atomic E-state index is -1.65. The molecule has 0 amide bonds. The van der Waals surface area contributed by atoms with Crippen molar-refractivity contribution in [3.8, 4) is 0 Å². The monoisotopic (exact) mass is 276 g/mol. The van der Waals surface area contributed by atoms with E-state index in [2.05, 4.69) is 46.9 Å². The summed E-state index contributed by atoms with van der Waals surface area (Å²) < 4.78 is 20.9. The first-order valence-corrected chi connectivity index (χ1v) is 9.59. The largest absolute Gasteiger partial charge is 0.413 e. The smallest absolute Gasteiger partial charge is 0.327 e. The fourth-order valence-electron chi connectivity index (χ4n) is 0.965. The van der Waals surface area contributed by atoms with E-state index in [1.807, 2.05) is 0 Å². The van der Waals surface area contributed by atoms with E-state index in [4.69, 9.17) is 8.95 Å². The first-order valence-electron chi connectivity index (χ1n) is 5.95. The average Bonchev–Trinajstić information content (AvgIpc) is 2.20. The molecule has 0 aromatic rings. The quantitative estimate of drug-likeness (QED) is 0.296. The van der Waals surface area contributed by atoms with Crippen LogP contribution in [-0.2, 0) is 13.5 Å². The second-order valence-electron chi connectivity index (χ2n) is 5.80. The lowest BCUT2D eigenvalue weighted by Crippen LogP contribution is -2.41. The van der Waals surface area contributed by atoms with Crippen molar-refractivity contribution in [2.75, 3.05) is 13.2 Å². The Labute approximate surface area is 108 Å². The molecule has 0 atom stereocenters. The number of hydrogen-bond donors (Lipinski definition) is 0. The van der Waals surface area contributed by atoms with E-state index in [9.17, 15) is 4.57 Å². The molecule has 0 aliphatic carbocycles. The molecule has 0 aliphatic rings. The molecule has 100 valence electrons. The van der Waals surface area contributed by atoms with E-state index in [1.54, 1.807) is 0 Å². The van der Waals surface area contributed by atoms with Crippen molar-refractivity contribution >= 4 is 17.0 Å². The molecule has 17 heavy (non-hydrogen) atoms. The van der Waals surface area contributed by atoms with Gasteiger partial charge in [-0.1, -0.05) is 32.4 Å². The minimum Gasteiger partial charge on any atom is -0.413 e. The zero-order chi connectivity index (χ0) is 13.5. The average molecular weight is 276 g/mol. The van der Waals surface area contributed by atoms with Crippen LogP contribution in [0.15, 0.2) is 11.6 Å². The molecule has 0 heterocycles. The molecule has 0 saturated carbocycles. The third-order valence-corrected chi connectivity index (χ3v) is 7.99. The van der Waals surface area contributed by atoms with Gasteiger partial charge in [-0.25, -0.2) is 4.57 Å². The fraction of sp³-hybridized carbons (Fsp3) is 0.833. The van der Waals surface area contributed by atoms with Crippen LogP contribution in [0.4, 0.5) is 0 Å².